The van der Waals surface area contributed by atoms with Crippen LogP contribution in [0.25, 0.3) is 0 Å². The Balaban J connectivity index is 2.06. The van der Waals surface area contributed by atoms with E-state index in [1.54, 1.807) is 24.0 Å². The lowest BCUT2D eigenvalue weighted by atomic mass is 9.95. The van der Waals surface area contributed by atoms with Gasteiger partial charge in [0, 0.05) is 11.7 Å². The molecule has 3 rings (SSSR count). The number of methoxy groups -OCH3 is 1. The zero-order valence-electron chi connectivity index (χ0n) is 12.4. The summed E-state index contributed by atoms with van der Waals surface area (Å²) in [5.41, 5.74) is 1.64. The third-order valence-corrected chi connectivity index (χ3v) is 4.05. The van der Waals surface area contributed by atoms with Gasteiger partial charge in [-0.1, -0.05) is 12.1 Å². The van der Waals surface area contributed by atoms with E-state index >= 15 is 0 Å². The number of carbonyl (C=O) groups excluding carboxylic acids is 2. The number of rotatable bonds is 3. The number of halogens is 1. The zero-order valence-corrected chi connectivity index (χ0v) is 12.4. The lowest BCUT2D eigenvalue weighted by molar-refractivity contribution is -0.136. The van der Waals surface area contributed by atoms with Gasteiger partial charge in [0.1, 0.15) is 5.82 Å². The maximum absolute atomic E-state index is 13.1. The van der Waals surface area contributed by atoms with Crippen molar-refractivity contribution in [3.8, 4) is 0 Å². The van der Waals surface area contributed by atoms with Crippen molar-refractivity contribution in [2.45, 2.75) is 31.8 Å². The summed E-state index contributed by atoms with van der Waals surface area (Å²) in [5.74, 6) is -0.858. The van der Waals surface area contributed by atoms with Crippen molar-refractivity contribution in [1.82, 2.24) is 10.2 Å². The molecule has 0 saturated heterocycles. The molecule has 0 radical (unpaired) electrons. The first kappa shape index (κ1) is 14.6. The largest absolute Gasteiger partial charge is 0.466 e. The second kappa shape index (κ2) is 5.44. The Labute approximate surface area is 127 Å². The Morgan fingerprint density at radius 3 is 2.50 bits per heavy atom. The molecular formula is C16H17FN2O3. The molecule has 22 heavy (non-hydrogen) atoms. The summed E-state index contributed by atoms with van der Waals surface area (Å²) in [5, 5.41) is 2.83. The predicted molar refractivity (Wildman–Crippen MR) is 77.2 cm³/mol. The monoisotopic (exact) mass is 304 g/mol. The van der Waals surface area contributed by atoms with Crippen LogP contribution < -0.4 is 5.32 Å². The van der Waals surface area contributed by atoms with E-state index in [9.17, 15) is 14.0 Å². The average molecular weight is 304 g/mol. The highest BCUT2D eigenvalue weighted by Crippen LogP contribution is 2.37. The molecule has 1 aromatic rings. The smallest absolute Gasteiger partial charge is 0.337 e. The molecule has 5 nitrogen and oxygen atoms in total. The standard InChI is InChI=1S/C16H17FN2O3/c1-9-13(15(20)22-2)14(10-3-5-11(17)6-4-10)18-16(21)19(9)12-7-8-12/h3-6,12,14H,7-8H2,1-2H3,(H,18,21)/t14-/m1/s1. The summed E-state index contributed by atoms with van der Waals surface area (Å²) < 4.78 is 18.0. The average Bonchev–Trinajstić information content (AvgIpc) is 3.31. The molecule has 0 aromatic heterocycles. The molecule has 0 spiro atoms. The van der Waals surface area contributed by atoms with Crippen LogP contribution >= 0.6 is 0 Å². The van der Waals surface area contributed by atoms with Crippen molar-refractivity contribution in [2.24, 2.45) is 0 Å². The van der Waals surface area contributed by atoms with Crippen LogP contribution in [0.3, 0.4) is 0 Å². The minimum atomic E-state index is -0.629. The molecule has 6 heteroatoms. The van der Waals surface area contributed by atoms with Crippen LogP contribution in [-0.2, 0) is 9.53 Å². The third kappa shape index (κ3) is 2.45. The number of benzene rings is 1. The fourth-order valence-corrected chi connectivity index (χ4v) is 2.81. The topological polar surface area (TPSA) is 58.6 Å². The molecule has 2 amide bonds. The van der Waals surface area contributed by atoms with Crippen LogP contribution in [0, 0.1) is 5.82 Å². The van der Waals surface area contributed by atoms with Gasteiger partial charge in [-0.15, -0.1) is 0 Å². The third-order valence-electron chi connectivity index (χ3n) is 4.05. The fourth-order valence-electron chi connectivity index (χ4n) is 2.81. The summed E-state index contributed by atoms with van der Waals surface area (Å²) in [7, 11) is 1.31. The van der Waals surface area contributed by atoms with E-state index in [0.717, 1.165) is 12.8 Å². The number of urea groups is 1. The first-order chi connectivity index (χ1) is 10.5. The molecule has 1 fully saturated rings. The van der Waals surface area contributed by atoms with Gasteiger partial charge in [0.05, 0.1) is 18.7 Å². The number of hydrogen-bond donors (Lipinski definition) is 1. The minimum absolute atomic E-state index is 0.147. The number of ether oxygens (including phenoxy) is 1. The van der Waals surface area contributed by atoms with Gasteiger partial charge < -0.3 is 10.1 Å². The van der Waals surface area contributed by atoms with Gasteiger partial charge in [-0.25, -0.2) is 14.0 Å². The molecule has 2 aliphatic rings. The predicted octanol–water partition coefficient (Wildman–Crippen LogP) is 2.50. The van der Waals surface area contributed by atoms with E-state index in [0.29, 0.717) is 16.8 Å². The van der Waals surface area contributed by atoms with Crippen LogP contribution in [0.4, 0.5) is 9.18 Å². The molecule has 1 atom stereocenters. The molecule has 1 aromatic carbocycles. The van der Waals surface area contributed by atoms with Gasteiger partial charge in [-0.3, -0.25) is 4.90 Å². The number of hydrogen-bond acceptors (Lipinski definition) is 3. The molecule has 0 bridgehead atoms. The lowest BCUT2D eigenvalue weighted by Gasteiger charge is -2.35. The van der Waals surface area contributed by atoms with Crippen molar-refractivity contribution >= 4 is 12.0 Å². The van der Waals surface area contributed by atoms with Gasteiger partial charge in [0.25, 0.3) is 0 Å². The van der Waals surface area contributed by atoms with Gasteiger partial charge in [-0.05, 0) is 37.5 Å². The number of nitrogens with zero attached hydrogens (tertiary/aromatic N) is 1. The second-order valence-corrected chi connectivity index (χ2v) is 5.53. The Hall–Kier alpha value is -2.37. The summed E-state index contributed by atoms with van der Waals surface area (Å²) in [6.45, 7) is 1.75. The molecule has 1 aliphatic carbocycles. The fraction of sp³-hybridized carbons (Fsp3) is 0.375. The normalized spacial score (nSPS) is 21.7. The molecular weight excluding hydrogens is 287 g/mol. The number of allylic oxidation sites excluding steroid dienone is 1. The van der Waals surface area contributed by atoms with Crippen LogP contribution in [-0.4, -0.2) is 30.1 Å². The summed E-state index contributed by atoms with van der Waals surface area (Å²) in [6, 6.07) is 5.01. The van der Waals surface area contributed by atoms with Crippen LogP contribution in [0.1, 0.15) is 31.4 Å². The number of nitrogens with one attached hydrogen (secondary N) is 1. The molecule has 1 aliphatic heterocycles. The van der Waals surface area contributed by atoms with Gasteiger partial charge >= 0.3 is 12.0 Å². The highest BCUT2D eigenvalue weighted by Gasteiger charge is 2.42. The summed E-state index contributed by atoms with van der Waals surface area (Å²) in [4.78, 5) is 26.2. The van der Waals surface area contributed by atoms with Crippen molar-refractivity contribution in [3.05, 3.63) is 46.9 Å². The minimum Gasteiger partial charge on any atom is -0.466 e. The SMILES string of the molecule is COC(=O)C1=C(C)N(C2CC2)C(=O)N[C@@H]1c1ccc(F)cc1. The van der Waals surface area contributed by atoms with Crippen molar-refractivity contribution < 1.29 is 18.7 Å². The van der Waals surface area contributed by atoms with E-state index < -0.39 is 12.0 Å². The maximum atomic E-state index is 13.1. The first-order valence-corrected chi connectivity index (χ1v) is 7.17. The molecule has 0 unspecified atom stereocenters. The molecule has 1 heterocycles. The van der Waals surface area contributed by atoms with Gasteiger partial charge in [-0.2, -0.15) is 0 Å². The van der Waals surface area contributed by atoms with E-state index in [-0.39, 0.29) is 17.9 Å². The number of esters is 1. The van der Waals surface area contributed by atoms with Crippen molar-refractivity contribution in [3.63, 3.8) is 0 Å². The Morgan fingerprint density at radius 1 is 1.32 bits per heavy atom. The highest BCUT2D eigenvalue weighted by molar-refractivity contribution is 5.95. The second-order valence-electron chi connectivity index (χ2n) is 5.53. The Morgan fingerprint density at radius 2 is 1.95 bits per heavy atom. The Bertz CT molecular complexity index is 650. The van der Waals surface area contributed by atoms with E-state index in [2.05, 4.69) is 5.32 Å². The van der Waals surface area contributed by atoms with Gasteiger partial charge in [0.2, 0.25) is 0 Å². The van der Waals surface area contributed by atoms with E-state index in [1.165, 1.54) is 19.2 Å². The zero-order chi connectivity index (χ0) is 15.9. The highest BCUT2D eigenvalue weighted by atomic mass is 19.1. The molecule has 1 N–H and O–H groups in total. The van der Waals surface area contributed by atoms with Gasteiger partial charge in [0.15, 0.2) is 0 Å². The quantitative estimate of drug-likeness (QED) is 0.873. The summed E-state index contributed by atoms with van der Waals surface area (Å²) in [6.07, 6.45) is 1.86. The molecule has 1 saturated carbocycles. The first-order valence-electron chi connectivity index (χ1n) is 7.17. The lowest BCUT2D eigenvalue weighted by Crippen LogP contribution is -2.48. The van der Waals surface area contributed by atoms with Crippen molar-refractivity contribution in [2.75, 3.05) is 7.11 Å². The molecule has 116 valence electrons. The number of carbonyl (C=O) groups is 2. The van der Waals surface area contributed by atoms with Crippen molar-refractivity contribution in [1.29, 1.82) is 0 Å². The number of amides is 2. The van der Waals surface area contributed by atoms with E-state index in [1.807, 2.05) is 0 Å². The Kier molecular flexibility index (Phi) is 3.60. The van der Waals surface area contributed by atoms with Crippen LogP contribution in [0.5, 0.6) is 0 Å². The maximum Gasteiger partial charge on any atom is 0.337 e. The van der Waals surface area contributed by atoms with E-state index in [4.69, 9.17) is 4.74 Å². The summed E-state index contributed by atoms with van der Waals surface area (Å²) >= 11 is 0. The van der Waals surface area contributed by atoms with Crippen LogP contribution in [0.2, 0.25) is 0 Å². The van der Waals surface area contributed by atoms with Crippen LogP contribution in [0.15, 0.2) is 35.5 Å².